The third-order valence-corrected chi connectivity index (χ3v) is 13.4. The largest absolute Gasteiger partial charge is 0.480 e. The number of aliphatic carboxylic acids is 1. The number of nitrogens with zero attached hydrogens (tertiary/aromatic N) is 4. The van der Waals surface area contributed by atoms with Gasteiger partial charge in [-0.25, -0.2) is 9.18 Å². The van der Waals surface area contributed by atoms with Crippen LogP contribution in [0.25, 0.3) is 0 Å². The van der Waals surface area contributed by atoms with Crippen LogP contribution >= 0.6 is 0 Å². The Morgan fingerprint density at radius 1 is 0.892 bits per heavy atom. The number of amides is 7. The smallest absolute Gasteiger partial charge is 0.326 e. The van der Waals surface area contributed by atoms with Crippen LogP contribution in [0.3, 0.4) is 0 Å². The molecule has 2 fully saturated rings. The second kappa shape index (κ2) is 23.8. The van der Waals surface area contributed by atoms with E-state index in [4.69, 9.17) is 9.47 Å². The fraction of sp³-hybridized carbons (Fsp3) is 0.660. The summed E-state index contributed by atoms with van der Waals surface area (Å²) in [6.07, 6.45) is 4.38. The third kappa shape index (κ3) is 13.2. The number of unbranched alkanes of at least 4 members (excludes halogenated alkanes) is 2. The van der Waals surface area contributed by atoms with Gasteiger partial charge in [0.15, 0.2) is 0 Å². The predicted octanol–water partition coefficient (Wildman–Crippen LogP) is 2.94. The molecule has 4 rings (SSSR count). The zero-order valence-electron chi connectivity index (χ0n) is 39.3. The predicted molar refractivity (Wildman–Crippen MR) is 237 cm³/mol. The summed E-state index contributed by atoms with van der Waals surface area (Å²) >= 11 is 0. The monoisotopic (exact) mass is 913 g/mol. The molecule has 65 heavy (non-hydrogen) atoms. The summed E-state index contributed by atoms with van der Waals surface area (Å²) in [6.45, 7) is 9.05. The topological polar surface area (TPSA) is 212 Å². The molecular formula is C47H69FN6O11. The maximum atomic E-state index is 14.4. The molecule has 17 nitrogen and oxygen atoms in total. The number of ether oxygens (including phenoxy) is 2. The van der Waals surface area contributed by atoms with E-state index in [-0.39, 0.29) is 85.3 Å². The van der Waals surface area contributed by atoms with Gasteiger partial charge in [-0.1, -0.05) is 65.7 Å². The highest BCUT2D eigenvalue weighted by atomic mass is 19.1. The van der Waals surface area contributed by atoms with Crippen LogP contribution in [0.2, 0.25) is 0 Å². The van der Waals surface area contributed by atoms with E-state index in [2.05, 4.69) is 10.6 Å². The Morgan fingerprint density at radius 2 is 1.55 bits per heavy atom. The van der Waals surface area contributed by atoms with E-state index >= 15 is 0 Å². The summed E-state index contributed by atoms with van der Waals surface area (Å²) < 4.78 is 26.2. The Bertz CT molecular complexity index is 1910. The highest BCUT2D eigenvalue weighted by Gasteiger charge is 2.57. The van der Waals surface area contributed by atoms with Gasteiger partial charge >= 0.3 is 5.97 Å². The number of methoxy groups -OCH3 is 2. The molecular weight excluding hydrogens is 844 g/mol. The molecule has 0 radical (unpaired) electrons. The number of rotatable bonds is 26. The number of fused-ring (bicyclic) bond motifs is 1. The molecule has 2 aliphatic heterocycles. The molecule has 1 aromatic rings. The van der Waals surface area contributed by atoms with Crippen LogP contribution in [-0.2, 0) is 54.3 Å². The molecule has 360 valence electrons. The number of likely N-dealkylation sites (tertiary alicyclic amines) is 1. The van der Waals surface area contributed by atoms with E-state index in [0.717, 1.165) is 11.3 Å². The van der Waals surface area contributed by atoms with Crippen LogP contribution in [-0.4, -0.2) is 156 Å². The number of imide groups is 1. The Balaban J connectivity index is 1.36. The Labute approximate surface area is 381 Å². The van der Waals surface area contributed by atoms with E-state index in [0.29, 0.717) is 32.1 Å². The summed E-state index contributed by atoms with van der Waals surface area (Å²) in [7, 11) is 6.08. The number of halogens is 1. The molecule has 1 saturated heterocycles. The fourth-order valence-electron chi connectivity index (χ4n) is 9.44. The number of carbonyl (C=O) groups is 8. The van der Waals surface area contributed by atoms with Crippen molar-refractivity contribution in [3.05, 3.63) is 47.8 Å². The molecule has 1 saturated carbocycles. The highest BCUT2D eigenvalue weighted by Crippen LogP contribution is 2.50. The summed E-state index contributed by atoms with van der Waals surface area (Å²) in [5, 5.41) is 15.2. The van der Waals surface area contributed by atoms with Crippen molar-refractivity contribution in [1.82, 2.24) is 30.2 Å². The van der Waals surface area contributed by atoms with E-state index in [1.165, 1.54) is 54.4 Å². The number of nitrogens with one attached hydrogen (secondary N) is 2. The van der Waals surface area contributed by atoms with Crippen LogP contribution in [0.4, 0.5) is 4.39 Å². The van der Waals surface area contributed by atoms with Gasteiger partial charge in [0.05, 0.1) is 43.2 Å². The molecule has 1 aliphatic carbocycles. The lowest BCUT2D eigenvalue weighted by Gasteiger charge is -2.40. The van der Waals surface area contributed by atoms with Crippen LogP contribution in [0.1, 0.15) is 91.5 Å². The molecule has 1 unspecified atom stereocenters. The number of carboxylic acid groups (broad SMARTS) is 1. The van der Waals surface area contributed by atoms with Crippen LogP contribution < -0.4 is 10.6 Å². The quantitative estimate of drug-likeness (QED) is 0.0909. The van der Waals surface area contributed by atoms with Crippen molar-refractivity contribution in [2.75, 3.05) is 41.4 Å². The van der Waals surface area contributed by atoms with Gasteiger partial charge in [-0.3, -0.25) is 38.5 Å². The summed E-state index contributed by atoms with van der Waals surface area (Å²) in [5.41, 5.74) is 0.147. The summed E-state index contributed by atoms with van der Waals surface area (Å²) in [6, 6.07) is 2.35. The molecule has 0 bridgehead atoms. The van der Waals surface area contributed by atoms with Crippen molar-refractivity contribution in [1.29, 1.82) is 0 Å². The second-order valence-corrected chi connectivity index (χ2v) is 18.1. The van der Waals surface area contributed by atoms with Gasteiger partial charge in [0.1, 0.15) is 17.9 Å². The first-order valence-electron chi connectivity index (χ1n) is 22.7. The number of piperidine rings is 1. The van der Waals surface area contributed by atoms with Gasteiger partial charge in [-0.2, -0.15) is 0 Å². The van der Waals surface area contributed by atoms with Crippen molar-refractivity contribution >= 4 is 47.3 Å². The van der Waals surface area contributed by atoms with Gasteiger partial charge in [-0.05, 0) is 55.1 Å². The van der Waals surface area contributed by atoms with Gasteiger partial charge < -0.3 is 39.9 Å². The van der Waals surface area contributed by atoms with Gasteiger partial charge in [0.2, 0.25) is 29.5 Å². The SMILES string of the molecule is CC[C@H](C)[C@@H]([C@@H](CC(=O)N1C2C[C@@H]2C[C@H]1[C@H](OC)[C@@H](C)C(=O)N[C@@H](Cc1ccccc1F)C(=O)O)OC)N(C)C(=O)CNC(=O)[C@H](C(C)C)N(C)C(=O)CCCCCN1C(=O)C=CC1=O. The molecule has 0 spiro atoms. The lowest BCUT2D eigenvalue weighted by atomic mass is 9.90. The highest BCUT2D eigenvalue weighted by molar-refractivity contribution is 6.12. The molecule has 10 atom stereocenters. The summed E-state index contributed by atoms with van der Waals surface area (Å²) in [5.74, 6) is -5.71. The Kier molecular flexibility index (Phi) is 19.2. The first kappa shape index (κ1) is 52.4. The standard InChI is InChI=1S/C47H69FN6O11/c1-10-28(4)43(52(7)41(59)26-49-46(61)42(27(2)3)51(6)37(55)18-12-11-15-21-53-38(56)19-20-39(53)57)36(64-8)25-40(58)54-34-23-31(34)24-35(54)44(65-9)29(5)45(60)50-33(47(62)63)22-30-16-13-14-17-32(30)48/h13-14,16-17,19-20,27-29,31,33-36,42-44H,10-12,15,18,21-26H2,1-9H3,(H,49,61)(H,50,60)(H,62,63)/t28-,29+,31+,33-,34?,35-,36+,42-,43-,44+/m0/s1. The van der Waals surface area contributed by atoms with Gasteiger partial charge in [0.25, 0.3) is 11.8 Å². The van der Waals surface area contributed by atoms with Crippen molar-refractivity contribution < 1.29 is 57.3 Å². The average Bonchev–Trinajstić information content (AvgIpc) is 3.81. The average molecular weight is 913 g/mol. The number of likely N-dealkylation sites (N-methyl/N-ethyl adjacent to an activating group) is 2. The zero-order chi connectivity index (χ0) is 48.3. The molecule has 3 aliphatic rings. The van der Waals surface area contributed by atoms with Crippen molar-refractivity contribution in [2.45, 2.75) is 135 Å². The number of carboxylic acids is 1. The van der Waals surface area contributed by atoms with Crippen LogP contribution in [0.15, 0.2) is 36.4 Å². The molecule has 3 N–H and O–H groups in total. The molecule has 0 aromatic heterocycles. The number of hydrogen-bond acceptors (Lipinski definition) is 10. The summed E-state index contributed by atoms with van der Waals surface area (Å²) in [4.78, 5) is 110. The third-order valence-electron chi connectivity index (χ3n) is 13.4. The van der Waals surface area contributed by atoms with E-state index in [1.54, 1.807) is 32.0 Å². The van der Waals surface area contributed by atoms with Crippen molar-refractivity contribution in [2.24, 2.45) is 23.7 Å². The Hall–Kier alpha value is -5.23. The lowest BCUT2D eigenvalue weighted by molar-refractivity contribution is -0.148. The van der Waals surface area contributed by atoms with E-state index < -0.39 is 71.8 Å². The minimum Gasteiger partial charge on any atom is -0.480 e. The minimum absolute atomic E-state index is 0.0716. The fourth-order valence-corrected chi connectivity index (χ4v) is 9.44. The molecule has 2 heterocycles. The molecule has 18 heteroatoms. The first-order chi connectivity index (χ1) is 30.8. The molecule has 7 amide bonds. The lowest BCUT2D eigenvalue weighted by Crippen LogP contribution is -2.56. The number of carbonyl (C=O) groups excluding carboxylic acids is 7. The van der Waals surface area contributed by atoms with Crippen LogP contribution in [0.5, 0.6) is 0 Å². The zero-order valence-corrected chi connectivity index (χ0v) is 39.3. The first-order valence-corrected chi connectivity index (χ1v) is 22.7. The normalized spacial score (nSPS) is 20.9. The second-order valence-electron chi connectivity index (χ2n) is 18.1. The number of hydrogen-bond donors (Lipinski definition) is 3. The van der Waals surface area contributed by atoms with E-state index in [1.807, 2.05) is 27.7 Å². The van der Waals surface area contributed by atoms with E-state index in [9.17, 15) is 47.9 Å². The van der Waals surface area contributed by atoms with Gasteiger partial charge in [0, 0.05) is 65.9 Å². The Morgan fingerprint density at radius 3 is 2.14 bits per heavy atom. The van der Waals surface area contributed by atoms with Crippen molar-refractivity contribution in [3.63, 3.8) is 0 Å². The van der Waals surface area contributed by atoms with Crippen molar-refractivity contribution in [3.8, 4) is 0 Å². The maximum Gasteiger partial charge on any atom is 0.326 e. The number of benzene rings is 1. The van der Waals surface area contributed by atoms with Crippen LogP contribution in [0, 0.1) is 29.5 Å². The maximum absolute atomic E-state index is 14.4. The van der Waals surface area contributed by atoms with Gasteiger partial charge in [-0.15, -0.1) is 0 Å². The minimum atomic E-state index is -1.40. The molecule has 1 aromatic carbocycles.